The molecule has 1 aromatic carbocycles. The summed E-state index contributed by atoms with van der Waals surface area (Å²) >= 11 is 0. The van der Waals surface area contributed by atoms with Crippen LogP contribution in [0, 0.1) is 0 Å². The minimum Gasteiger partial charge on any atom is -0.497 e. The number of hydrogen-bond acceptors (Lipinski definition) is 8. The second-order valence-electron chi connectivity index (χ2n) is 7.68. The Morgan fingerprint density at radius 1 is 1.12 bits per heavy atom. The molecule has 3 aromatic heterocycles. The Labute approximate surface area is 195 Å². The molecule has 0 saturated heterocycles. The molecule has 10 nitrogen and oxygen atoms in total. The molecule has 4 aromatic rings. The number of amides is 1. The fourth-order valence-corrected chi connectivity index (χ4v) is 3.40. The standard InChI is InChI=1S/C24H24N4O6/c1-14(2)28-23-19(12-25-28)18(11-20(27-23)21-6-5-7-33-21)24(30)34-13-22(29)26-15-8-16(31-3)10-17(9-15)32-4/h5-12,14H,13H2,1-4H3,(H,26,29). The summed E-state index contributed by atoms with van der Waals surface area (Å²) in [5.74, 6) is 0.328. The number of ether oxygens (including phenoxy) is 3. The van der Waals surface area contributed by atoms with E-state index in [1.165, 1.54) is 20.5 Å². The highest BCUT2D eigenvalue weighted by Crippen LogP contribution is 2.28. The van der Waals surface area contributed by atoms with Gasteiger partial charge in [0.1, 0.15) is 17.2 Å². The molecule has 0 aliphatic heterocycles. The number of aromatic nitrogens is 3. The summed E-state index contributed by atoms with van der Waals surface area (Å²) in [5, 5.41) is 7.55. The Bertz CT molecular complexity index is 1300. The number of methoxy groups -OCH3 is 2. The van der Waals surface area contributed by atoms with Crippen LogP contribution in [0.25, 0.3) is 22.5 Å². The number of benzene rings is 1. The first kappa shape index (κ1) is 22.8. The minimum absolute atomic E-state index is 0.0198. The summed E-state index contributed by atoms with van der Waals surface area (Å²) in [6.07, 6.45) is 3.09. The lowest BCUT2D eigenvalue weighted by atomic mass is 10.1. The fourth-order valence-electron chi connectivity index (χ4n) is 3.40. The van der Waals surface area contributed by atoms with Crippen molar-refractivity contribution in [3.8, 4) is 23.0 Å². The summed E-state index contributed by atoms with van der Waals surface area (Å²) in [6, 6.07) is 10.0. The third-order valence-electron chi connectivity index (χ3n) is 5.02. The average Bonchev–Trinajstić information content (AvgIpc) is 3.51. The van der Waals surface area contributed by atoms with Gasteiger partial charge >= 0.3 is 5.97 Å². The maximum atomic E-state index is 13.0. The Kier molecular flexibility index (Phi) is 6.48. The third-order valence-corrected chi connectivity index (χ3v) is 5.02. The van der Waals surface area contributed by atoms with Gasteiger partial charge in [0.2, 0.25) is 0 Å². The van der Waals surface area contributed by atoms with Crippen LogP contribution >= 0.6 is 0 Å². The van der Waals surface area contributed by atoms with Crippen molar-refractivity contribution in [3.05, 3.63) is 54.4 Å². The molecule has 0 unspecified atom stereocenters. The van der Waals surface area contributed by atoms with Crippen LogP contribution in [-0.4, -0.2) is 47.5 Å². The van der Waals surface area contributed by atoms with Crippen molar-refractivity contribution < 1.29 is 28.2 Å². The van der Waals surface area contributed by atoms with Gasteiger partial charge in [0, 0.05) is 29.9 Å². The fraction of sp³-hybridized carbons (Fsp3) is 0.250. The summed E-state index contributed by atoms with van der Waals surface area (Å²) in [6.45, 7) is 3.43. The van der Waals surface area contributed by atoms with Crippen molar-refractivity contribution in [1.82, 2.24) is 14.8 Å². The molecule has 176 valence electrons. The van der Waals surface area contributed by atoms with Crippen LogP contribution in [0.5, 0.6) is 11.5 Å². The summed E-state index contributed by atoms with van der Waals surface area (Å²) in [4.78, 5) is 30.0. The van der Waals surface area contributed by atoms with E-state index in [0.717, 1.165) is 0 Å². The van der Waals surface area contributed by atoms with Gasteiger partial charge in [-0.25, -0.2) is 14.5 Å². The molecule has 1 N–H and O–H groups in total. The maximum absolute atomic E-state index is 13.0. The van der Waals surface area contributed by atoms with Crippen LogP contribution in [0.2, 0.25) is 0 Å². The number of fused-ring (bicyclic) bond motifs is 1. The van der Waals surface area contributed by atoms with E-state index in [1.807, 2.05) is 13.8 Å². The molecule has 0 bridgehead atoms. The number of carbonyl (C=O) groups excluding carboxylic acids is 2. The number of pyridine rings is 1. The van der Waals surface area contributed by atoms with Gasteiger partial charge in [-0.1, -0.05) is 0 Å². The summed E-state index contributed by atoms with van der Waals surface area (Å²) < 4.78 is 22.9. The molecule has 34 heavy (non-hydrogen) atoms. The van der Waals surface area contributed by atoms with Crippen molar-refractivity contribution in [2.75, 3.05) is 26.1 Å². The van der Waals surface area contributed by atoms with Gasteiger partial charge in [0.05, 0.1) is 37.6 Å². The monoisotopic (exact) mass is 464 g/mol. The predicted octanol–water partition coefficient (Wildman–Crippen LogP) is 4.08. The molecule has 0 aliphatic carbocycles. The Morgan fingerprint density at radius 2 is 1.85 bits per heavy atom. The van der Waals surface area contributed by atoms with Gasteiger partial charge in [0.25, 0.3) is 5.91 Å². The number of nitrogens with zero attached hydrogens (tertiary/aromatic N) is 3. The van der Waals surface area contributed by atoms with Crippen molar-refractivity contribution in [2.24, 2.45) is 0 Å². The van der Waals surface area contributed by atoms with Gasteiger partial charge < -0.3 is 23.9 Å². The number of anilines is 1. The van der Waals surface area contributed by atoms with Crippen LogP contribution in [0.15, 0.2) is 53.3 Å². The zero-order chi connectivity index (χ0) is 24.2. The smallest absolute Gasteiger partial charge is 0.339 e. The second-order valence-corrected chi connectivity index (χ2v) is 7.68. The van der Waals surface area contributed by atoms with Crippen molar-refractivity contribution >= 4 is 28.6 Å². The third kappa shape index (κ3) is 4.70. The van der Waals surface area contributed by atoms with E-state index in [-0.39, 0.29) is 11.6 Å². The van der Waals surface area contributed by atoms with E-state index < -0.39 is 18.5 Å². The molecule has 1 amide bonds. The molecule has 0 atom stereocenters. The van der Waals surface area contributed by atoms with Gasteiger partial charge in [-0.15, -0.1) is 0 Å². The second kappa shape index (κ2) is 9.65. The van der Waals surface area contributed by atoms with E-state index in [9.17, 15) is 9.59 Å². The molecule has 10 heteroatoms. The average molecular weight is 464 g/mol. The molecule has 0 aliphatic rings. The van der Waals surface area contributed by atoms with E-state index in [0.29, 0.717) is 39.7 Å². The molecular weight excluding hydrogens is 440 g/mol. The number of carbonyl (C=O) groups is 2. The van der Waals surface area contributed by atoms with Crippen LogP contribution in [0.4, 0.5) is 5.69 Å². The van der Waals surface area contributed by atoms with E-state index in [4.69, 9.17) is 18.6 Å². The number of nitrogens with one attached hydrogen (secondary N) is 1. The lowest BCUT2D eigenvalue weighted by molar-refractivity contribution is -0.119. The first-order chi connectivity index (χ1) is 16.4. The van der Waals surface area contributed by atoms with Gasteiger partial charge in [-0.3, -0.25) is 4.79 Å². The van der Waals surface area contributed by atoms with Crippen molar-refractivity contribution in [2.45, 2.75) is 19.9 Å². The van der Waals surface area contributed by atoms with Crippen molar-refractivity contribution in [1.29, 1.82) is 0 Å². The molecule has 0 spiro atoms. The number of rotatable bonds is 8. The first-order valence-corrected chi connectivity index (χ1v) is 10.5. The van der Waals surface area contributed by atoms with Gasteiger partial charge in [0.15, 0.2) is 18.0 Å². The Balaban J connectivity index is 1.55. The highest BCUT2D eigenvalue weighted by atomic mass is 16.5. The molecule has 3 heterocycles. The summed E-state index contributed by atoms with van der Waals surface area (Å²) in [5.41, 5.74) is 1.66. The van der Waals surface area contributed by atoms with E-state index in [2.05, 4.69) is 15.4 Å². The number of furan rings is 1. The van der Waals surface area contributed by atoms with E-state index in [1.54, 1.807) is 47.3 Å². The number of esters is 1. The first-order valence-electron chi connectivity index (χ1n) is 10.5. The zero-order valence-corrected chi connectivity index (χ0v) is 19.2. The maximum Gasteiger partial charge on any atom is 0.339 e. The zero-order valence-electron chi connectivity index (χ0n) is 19.2. The molecule has 0 radical (unpaired) electrons. The highest BCUT2D eigenvalue weighted by Gasteiger charge is 2.21. The number of hydrogen-bond donors (Lipinski definition) is 1. The van der Waals surface area contributed by atoms with E-state index >= 15 is 0 Å². The lowest BCUT2D eigenvalue weighted by Gasteiger charge is -2.11. The quantitative estimate of drug-likeness (QED) is 0.388. The Morgan fingerprint density at radius 3 is 2.47 bits per heavy atom. The molecule has 4 rings (SSSR count). The molecular formula is C24H24N4O6. The largest absolute Gasteiger partial charge is 0.497 e. The lowest BCUT2D eigenvalue weighted by Crippen LogP contribution is -2.21. The summed E-state index contributed by atoms with van der Waals surface area (Å²) in [7, 11) is 3.02. The topological polar surface area (TPSA) is 118 Å². The van der Waals surface area contributed by atoms with Gasteiger partial charge in [-0.05, 0) is 32.0 Å². The highest BCUT2D eigenvalue weighted by molar-refractivity contribution is 6.04. The normalized spacial score (nSPS) is 11.0. The van der Waals surface area contributed by atoms with Crippen LogP contribution in [0.3, 0.4) is 0 Å². The SMILES string of the molecule is COc1cc(NC(=O)COC(=O)c2cc(-c3ccco3)nc3c2cnn3C(C)C)cc(OC)c1. The molecule has 0 saturated carbocycles. The van der Waals surface area contributed by atoms with Crippen LogP contribution in [0.1, 0.15) is 30.2 Å². The van der Waals surface area contributed by atoms with Crippen LogP contribution in [-0.2, 0) is 9.53 Å². The Hall–Kier alpha value is -4.34. The molecule has 0 fully saturated rings. The van der Waals surface area contributed by atoms with Gasteiger partial charge in [-0.2, -0.15) is 5.10 Å². The minimum atomic E-state index is -0.679. The van der Waals surface area contributed by atoms with Crippen LogP contribution < -0.4 is 14.8 Å². The van der Waals surface area contributed by atoms with Crippen molar-refractivity contribution in [3.63, 3.8) is 0 Å². The predicted molar refractivity (Wildman–Crippen MR) is 124 cm³/mol.